The second-order valence-corrected chi connectivity index (χ2v) is 8.33. The van der Waals surface area contributed by atoms with Crippen molar-refractivity contribution < 1.29 is 26.0 Å². The number of nitrogens with zero attached hydrogens (tertiary/aromatic N) is 1. The number of halogens is 4. The molecule has 2 aromatic carbocycles. The number of anilines is 2. The van der Waals surface area contributed by atoms with Crippen LogP contribution >= 0.6 is 0 Å². The maximum absolute atomic E-state index is 13.4. The van der Waals surface area contributed by atoms with Crippen LogP contribution in [-0.4, -0.2) is 33.8 Å². The van der Waals surface area contributed by atoms with Gasteiger partial charge in [0.15, 0.2) is 11.6 Å². The fraction of sp³-hybridized carbons (Fsp3) is 0.333. The minimum atomic E-state index is -4.59. The van der Waals surface area contributed by atoms with Gasteiger partial charge in [0.05, 0.1) is 4.90 Å². The molecule has 0 bridgehead atoms. The summed E-state index contributed by atoms with van der Waals surface area (Å²) >= 11 is 0. The standard InChI is InChI=1S/C18H18F4N2O2S/c19-16-6-3-14(9-17(16)20)24-8-7-12(11-24)10-23-13-1-4-15(5-2-13)27(25,26)18(21)22/h1-6,9,12,18,23H,7-8,10-11H2. The highest BCUT2D eigenvalue weighted by molar-refractivity contribution is 7.91. The van der Waals surface area contributed by atoms with Crippen LogP contribution in [0, 0.1) is 17.6 Å². The molecular formula is C18H18F4N2O2S. The number of nitrogens with one attached hydrogen (secondary N) is 1. The van der Waals surface area contributed by atoms with Crippen molar-refractivity contribution in [1.29, 1.82) is 0 Å². The van der Waals surface area contributed by atoms with Crippen molar-refractivity contribution in [2.75, 3.05) is 29.9 Å². The van der Waals surface area contributed by atoms with Crippen LogP contribution in [0.4, 0.5) is 28.9 Å². The summed E-state index contributed by atoms with van der Waals surface area (Å²) in [6.07, 6.45) is 0.851. The number of sulfone groups is 1. The molecule has 1 aliphatic heterocycles. The average Bonchev–Trinajstić information content (AvgIpc) is 3.11. The molecule has 1 fully saturated rings. The molecule has 1 atom stereocenters. The van der Waals surface area contributed by atoms with Crippen LogP contribution in [-0.2, 0) is 9.84 Å². The lowest BCUT2D eigenvalue weighted by atomic mass is 10.1. The van der Waals surface area contributed by atoms with E-state index < -0.39 is 32.1 Å². The van der Waals surface area contributed by atoms with Gasteiger partial charge in [-0.1, -0.05) is 0 Å². The van der Waals surface area contributed by atoms with Gasteiger partial charge in [0.2, 0.25) is 9.84 Å². The van der Waals surface area contributed by atoms with Gasteiger partial charge < -0.3 is 10.2 Å². The first kappa shape index (κ1) is 19.5. The van der Waals surface area contributed by atoms with Crippen LogP contribution in [0.15, 0.2) is 47.4 Å². The Balaban J connectivity index is 1.56. The highest BCUT2D eigenvalue weighted by atomic mass is 32.2. The van der Waals surface area contributed by atoms with Crippen molar-refractivity contribution in [3.63, 3.8) is 0 Å². The molecule has 1 aliphatic rings. The number of benzene rings is 2. The topological polar surface area (TPSA) is 49.4 Å². The van der Waals surface area contributed by atoms with E-state index >= 15 is 0 Å². The summed E-state index contributed by atoms with van der Waals surface area (Å²) in [5.41, 5.74) is 1.24. The van der Waals surface area contributed by atoms with Gasteiger partial charge in [-0.25, -0.2) is 17.2 Å². The summed E-state index contributed by atoms with van der Waals surface area (Å²) < 4.78 is 74.2. The smallest absolute Gasteiger partial charge is 0.341 e. The Kier molecular flexibility index (Phi) is 5.59. The van der Waals surface area contributed by atoms with E-state index in [4.69, 9.17) is 0 Å². The summed E-state index contributed by atoms with van der Waals surface area (Å²) in [5.74, 6) is -4.96. The van der Waals surface area contributed by atoms with Gasteiger partial charge in [0.1, 0.15) is 0 Å². The van der Waals surface area contributed by atoms with Crippen molar-refractivity contribution in [3.8, 4) is 0 Å². The molecule has 1 heterocycles. The average molecular weight is 402 g/mol. The first-order valence-electron chi connectivity index (χ1n) is 8.33. The summed E-state index contributed by atoms with van der Waals surface area (Å²) in [5, 5.41) is 3.14. The van der Waals surface area contributed by atoms with Gasteiger partial charge in [-0.15, -0.1) is 0 Å². The van der Waals surface area contributed by atoms with Crippen LogP contribution in [0.2, 0.25) is 0 Å². The molecule has 1 unspecified atom stereocenters. The minimum absolute atomic E-state index is 0.252. The van der Waals surface area contributed by atoms with Crippen LogP contribution in [0.5, 0.6) is 0 Å². The second-order valence-electron chi connectivity index (χ2n) is 6.41. The molecule has 2 aromatic rings. The summed E-state index contributed by atoms with van der Waals surface area (Å²) in [6, 6.07) is 8.99. The lowest BCUT2D eigenvalue weighted by Gasteiger charge is -2.19. The maximum Gasteiger partial charge on any atom is 0.341 e. The lowest BCUT2D eigenvalue weighted by molar-refractivity contribution is 0.234. The van der Waals surface area contributed by atoms with E-state index in [-0.39, 0.29) is 5.92 Å². The maximum atomic E-state index is 13.4. The van der Waals surface area contributed by atoms with Crippen molar-refractivity contribution in [2.24, 2.45) is 5.92 Å². The zero-order chi connectivity index (χ0) is 19.6. The van der Waals surface area contributed by atoms with E-state index in [0.29, 0.717) is 31.0 Å². The van der Waals surface area contributed by atoms with Crippen molar-refractivity contribution >= 4 is 21.2 Å². The number of hydrogen-bond acceptors (Lipinski definition) is 4. The first-order valence-corrected chi connectivity index (χ1v) is 9.88. The molecule has 1 saturated heterocycles. The molecule has 0 amide bonds. The molecule has 27 heavy (non-hydrogen) atoms. The zero-order valence-corrected chi connectivity index (χ0v) is 15.0. The molecule has 0 saturated carbocycles. The van der Waals surface area contributed by atoms with Crippen molar-refractivity contribution in [2.45, 2.75) is 17.1 Å². The molecule has 0 radical (unpaired) electrons. The predicted molar refractivity (Wildman–Crippen MR) is 94.8 cm³/mol. The highest BCUT2D eigenvalue weighted by Gasteiger charge is 2.26. The van der Waals surface area contributed by atoms with Gasteiger partial charge in [0.25, 0.3) is 0 Å². The minimum Gasteiger partial charge on any atom is -0.385 e. The Labute approximate surface area is 154 Å². The lowest BCUT2D eigenvalue weighted by Crippen LogP contribution is -2.22. The molecule has 1 N–H and O–H groups in total. The number of alkyl halides is 2. The fourth-order valence-corrected chi connectivity index (χ4v) is 3.76. The Bertz CT molecular complexity index is 904. The monoisotopic (exact) mass is 402 g/mol. The molecule has 0 spiro atoms. The summed E-state index contributed by atoms with van der Waals surface area (Å²) in [7, 11) is -4.59. The molecule has 9 heteroatoms. The van der Waals surface area contributed by atoms with Crippen LogP contribution in [0.1, 0.15) is 6.42 Å². The third-order valence-corrected chi connectivity index (χ3v) is 5.96. The molecule has 0 aromatic heterocycles. The third-order valence-electron chi connectivity index (χ3n) is 4.57. The third kappa shape index (κ3) is 4.35. The van der Waals surface area contributed by atoms with Gasteiger partial charge >= 0.3 is 5.76 Å². The van der Waals surface area contributed by atoms with Crippen LogP contribution in [0.3, 0.4) is 0 Å². The molecule has 3 rings (SSSR count). The largest absolute Gasteiger partial charge is 0.385 e. The van der Waals surface area contributed by atoms with Gasteiger partial charge in [-0.05, 0) is 48.7 Å². The highest BCUT2D eigenvalue weighted by Crippen LogP contribution is 2.26. The Hall–Kier alpha value is -2.29. The van der Waals surface area contributed by atoms with Crippen LogP contribution in [0.25, 0.3) is 0 Å². The Morgan fingerprint density at radius 2 is 1.78 bits per heavy atom. The number of hydrogen-bond donors (Lipinski definition) is 1. The van der Waals surface area contributed by atoms with E-state index in [0.717, 1.165) is 24.6 Å². The predicted octanol–water partition coefficient (Wildman–Crippen LogP) is 3.90. The zero-order valence-electron chi connectivity index (χ0n) is 14.2. The normalized spacial score (nSPS) is 17.5. The van der Waals surface area contributed by atoms with Gasteiger partial charge in [-0.3, -0.25) is 0 Å². The second kappa shape index (κ2) is 7.75. The van der Waals surface area contributed by atoms with E-state index in [1.807, 2.05) is 4.90 Å². The van der Waals surface area contributed by atoms with Gasteiger partial charge in [-0.2, -0.15) is 8.78 Å². The quantitative estimate of drug-likeness (QED) is 0.745. The van der Waals surface area contributed by atoms with E-state index in [1.54, 1.807) is 0 Å². The summed E-state index contributed by atoms with van der Waals surface area (Å²) in [6.45, 7) is 1.96. The van der Waals surface area contributed by atoms with E-state index in [2.05, 4.69) is 5.32 Å². The van der Waals surface area contributed by atoms with E-state index in [1.165, 1.54) is 24.3 Å². The van der Waals surface area contributed by atoms with E-state index in [9.17, 15) is 26.0 Å². The Morgan fingerprint density at radius 3 is 2.41 bits per heavy atom. The molecule has 146 valence electrons. The van der Waals surface area contributed by atoms with Crippen molar-refractivity contribution in [1.82, 2.24) is 0 Å². The fourth-order valence-electron chi connectivity index (χ4n) is 3.04. The molecular weight excluding hydrogens is 384 g/mol. The SMILES string of the molecule is O=S(=O)(c1ccc(NCC2CCN(c3ccc(F)c(F)c3)C2)cc1)C(F)F. The Morgan fingerprint density at radius 1 is 1.07 bits per heavy atom. The van der Waals surface area contributed by atoms with Crippen molar-refractivity contribution in [3.05, 3.63) is 54.1 Å². The molecule has 0 aliphatic carbocycles. The van der Waals surface area contributed by atoms with Crippen LogP contribution < -0.4 is 10.2 Å². The summed E-state index contributed by atoms with van der Waals surface area (Å²) in [4.78, 5) is 1.54. The first-order chi connectivity index (χ1) is 12.8. The van der Waals surface area contributed by atoms with Gasteiger partial charge in [0, 0.05) is 37.1 Å². The number of rotatable bonds is 6. The molecule has 4 nitrogen and oxygen atoms in total.